The Kier molecular flexibility index (Phi) is 4.10. The van der Waals surface area contributed by atoms with E-state index in [1.165, 1.54) is 11.1 Å². The van der Waals surface area contributed by atoms with Crippen molar-refractivity contribution >= 4 is 0 Å². The molecule has 0 aliphatic carbocycles. The summed E-state index contributed by atoms with van der Waals surface area (Å²) in [5.74, 6) is 6.33. The van der Waals surface area contributed by atoms with Gasteiger partial charge in [0, 0.05) is 18.8 Å². The molecule has 1 N–H and O–H groups in total. The fourth-order valence-electron chi connectivity index (χ4n) is 1.95. The third-order valence-corrected chi connectivity index (χ3v) is 2.64. The van der Waals surface area contributed by atoms with Crippen molar-refractivity contribution < 1.29 is 0 Å². The Morgan fingerprint density at radius 2 is 1.68 bits per heavy atom. The minimum atomic E-state index is 0.892. The summed E-state index contributed by atoms with van der Waals surface area (Å²) in [6.07, 6.45) is 2.04. The van der Waals surface area contributed by atoms with Gasteiger partial charge < -0.3 is 0 Å². The normalized spacial score (nSPS) is 9.42. The SMILES string of the molecule is Cc1cc(C)cn(C)[nH]c(C#Cc2ccccc2)c1. The maximum atomic E-state index is 3.25. The molecule has 96 valence electrons. The Hall–Kier alpha value is -2.40. The van der Waals surface area contributed by atoms with E-state index in [1.54, 1.807) is 0 Å². The summed E-state index contributed by atoms with van der Waals surface area (Å²) >= 11 is 0. The first-order chi connectivity index (χ1) is 9.13. The quantitative estimate of drug-likeness (QED) is 0.691. The Morgan fingerprint density at radius 3 is 2.42 bits per heavy atom. The van der Waals surface area contributed by atoms with Crippen LogP contribution in [0.5, 0.6) is 0 Å². The zero-order chi connectivity index (χ0) is 13.7. The molecule has 0 aliphatic rings. The molecule has 2 heteroatoms. The van der Waals surface area contributed by atoms with Gasteiger partial charge in [-0.1, -0.05) is 30.2 Å². The average molecular weight is 250 g/mol. The third-order valence-electron chi connectivity index (χ3n) is 2.64. The summed E-state index contributed by atoms with van der Waals surface area (Å²) in [5.41, 5.74) is 4.30. The molecule has 0 bridgehead atoms. The second kappa shape index (κ2) is 5.97. The van der Waals surface area contributed by atoms with Crippen molar-refractivity contribution in [3.8, 4) is 11.8 Å². The van der Waals surface area contributed by atoms with Gasteiger partial charge in [0.25, 0.3) is 0 Å². The first-order valence-corrected chi connectivity index (χ1v) is 6.28. The molecule has 0 spiro atoms. The molecule has 0 amide bonds. The minimum absolute atomic E-state index is 0.892. The summed E-state index contributed by atoms with van der Waals surface area (Å²) < 4.78 is 1.92. The average Bonchev–Trinajstić information content (AvgIpc) is 2.35. The number of rotatable bonds is 0. The van der Waals surface area contributed by atoms with Crippen LogP contribution in [0.25, 0.3) is 0 Å². The van der Waals surface area contributed by atoms with E-state index in [0.29, 0.717) is 0 Å². The molecule has 0 unspecified atom stereocenters. The lowest BCUT2D eigenvalue weighted by Crippen LogP contribution is -1.97. The lowest BCUT2D eigenvalue weighted by molar-refractivity contribution is 0.735. The molecule has 0 saturated carbocycles. The number of benzene rings is 1. The molecule has 2 rings (SSSR count). The maximum absolute atomic E-state index is 3.25. The van der Waals surface area contributed by atoms with E-state index >= 15 is 0 Å². The van der Waals surface area contributed by atoms with Gasteiger partial charge in [-0.05, 0) is 49.1 Å². The van der Waals surface area contributed by atoms with Crippen LogP contribution in [-0.2, 0) is 7.05 Å². The number of aromatic nitrogens is 2. The molecule has 0 aliphatic heterocycles. The Balaban J connectivity index is 2.44. The molecule has 2 aromatic rings. The summed E-state index contributed by atoms with van der Waals surface area (Å²) in [6, 6.07) is 14.2. The topological polar surface area (TPSA) is 20.7 Å². The fourth-order valence-corrected chi connectivity index (χ4v) is 1.95. The van der Waals surface area contributed by atoms with Gasteiger partial charge in [-0.25, -0.2) is 0 Å². The predicted octanol–water partition coefficient (Wildman–Crippen LogP) is 3.49. The molecule has 1 heterocycles. The zero-order valence-corrected chi connectivity index (χ0v) is 11.6. The molecular formula is C17H18N2. The molecule has 0 saturated heterocycles. The Morgan fingerprint density at radius 1 is 0.947 bits per heavy atom. The van der Waals surface area contributed by atoms with E-state index in [0.717, 1.165) is 11.3 Å². The minimum Gasteiger partial charge on any atom is -0.297 e. The highest BCUT2D eigenvalue weighted by Crippen LogP contribution is 2.01. The van der Waals surface area contributed by atoms with Crippen LogP contribution in [0.3, 0.4) is 0 Å². The van der Waals surface area contributed by atoms with Crippen LogP contribution in [0.1, 0.15) is 22.4 Å². The van der Waals surface area contributed by atoms with Gasteiger partial charge in [-0.3, -0.25) is 9.78 Å². The van der Waals surface area contributed by atoms with Crippen molar-refractivity contribution in [2.24, 2.45) is 7.05 Å². The van der Waals surface area contributed by atoms with Crippen LogP contribution >= 0.6 is 0 Å². The maximum Gasteiger partial charge on any atom is 0.105 e. The van der Waals surface area contributed by atoms with E-state index in [1.807, 2.05) is 48.3 Å². The second-order valence-electron chi connectivity index (χ2n) is 4.66. The zero-order valence-electron chi connectivity index (χ0n) is 11.6. The van der Waals surface area contributed by atoms with Crippen molar-refractivity contribution in [1.82, 2.24) is 9.78 Å². The first-order valence-electron chi connectivity index (χ1n) is 6.28. The second-order valence-corrected chi connectivity index (χ2v) is 4.66. The fraction of sp³-hybridized carbons (Fsp3) is 0.176. The van der Waals surface area contributed by atoms with E-state index in [9.17, 15) is 0 Å². The van der Waals surface area contributed by atoms with Gasteiger partial charge in [-0.2, -0.15) is 0 Å². The van der Waals surface area contributed by atoms with Crippen LogP contribution < -0.4 is 0 Å². The van der Waals surface area contributed by atoms with Gasteiger partial charge >= 0.3 is 0 Å². The largest absolute Gasteiger partial charge is 0.297 e. The van der Waals surface area contributed by atoms with Crippen molar-refractivity contribution in [2.75, 3.05) is 0 Å². The molecule has 0 fully saturated rings. The van der Waals surface area contributed by atoms with E-state index < -0.39 is 0 Å². The summed E-state index contributed by atoms with van der Waals surface area (Å²) in [6.45, 7) is 4.16. The van der Waals surface area contributed by atoms with Crippen molar-refractivity contribution in [3.05, 3.63) is 71.0 Å². The van der Waals surface area contributed by atoms with Crippen molar-refractivity contribution in [3.63, 3.8) is 0 Å². The highest BCUT2D eigenvalue weighted by atomic mass is 15.2. The van der Waals surface area contributed by atoms with Crippen LogP contribution in [0.2, 0.25) is 0 Å². The van der Waals surface area contributed by atoms with E-state index in [2.05, 4.69) is 42.9 Å². The van der Waals surface area contributed by atoms with Crippen LogP contribution in [0, 0.1) is 25.7 Å². The van der Waals surface area contributed by atoms with Gasteiger partial charge in [0.2, 0.25) is 0 Å². The molecule has 19 heavy (non-hydrogen) atoms. The molecule has 2 nitrogen and oxygen atoms in total. The molecule has 0 atom stereocenters. The smallest absolute Gasteiger partial charge is 0.105 e. The number of nitrogens with zero attached hydrogens (tertiary/aromatic N) is 1. The highest BCUT2D eigenvalue weighted by molar-refractivity contribution is 5.40. The molecular weight excluding hydrogens is 232 g/mol. The van der Waals surface area contributed by atoms with E-state index in [-0.39, 0.29) is 0 Å². The van der Waals surface area contributed by atoms with Crippen molar-refractivity contribution in [1.29, 1.82) is 0 Å². The summed E-state index contributed by atoms with van der Waals surface area (Å²) in [7, 11) is 1.97. The van der Waals surface area contributed by atoms with Gasteiger partial charge in [-0.15, -0.1) is 0 Å². The van der Waals surface area contributed by atoms with Crippen LogP contribution in [0.4, 0.5) is 0 Å². The number of H-pyrrole nitrogens is 1. The van der Waals surface area contributed by atoms with Gasteiger partial charge in [0.05, 0.1) is 0 Å². The van der Waals surface area contributed by atoms with Crippen LogP contribution in [0.15, 0.2) is 48.7 Å². The van der Waals surface area contributed by atoms with Gasteiger partial charge in [0.15, 0.2) is 0 Å². The van der Waals surface area contributed by atoms with Gasteiger partial charge in [0.1, 0.15) is 5.69 Å². The lowest BCUT2D eigenvalue weighted by Gasteiger charge is -2.01. The van der Waals surface area contributed by atoms with Crippen molar-refractivity contribution in [2.45, 2.75) is 13.8 Å². The monoisotopic (exact) mass is 250 g/mol. The Bertz CT molecular complexity index is 634. The molecule has 1 aromatic carbocycles. The predicted molar refractivity (Wildman–Crippen MR) is 79.3 cm³/mol. The number of aryl methyl sites for hydroxylation is 3. The number of aromatic amines is 1. The molecule has 0 radical (unpaired) electrons. The third kappa shape index (κ3) is 4.08. The van der Waals surface area contributed by atoms with E-state index in [4.69, 9.17) is 0 Å². The first kappa shape index (κ1) is 13.0. The summed E-state index contributed by atoms with van der Waals surface area (Å²) in [4.78, 5) is 0. The number of hydrogen-bond acceptors (Lipinski definition) is 0. The Labute approximate surface area is 114 Å². The van der Waals surface area contributed by atoms with Crippen LogP contribution in [-0.4, -0.2) is 9.78 Å². The highest BCUT2D eigenvalue weighted by Gasteiger charge is 1.90. The standard InChI is InChI=1S/C17H18N2/c1-14-11-15(2)13-19(3)18-17(12-14)10-9-16-7-5-4-6-8-16/h4-8,11-13,18H,1-3H3. The number of nitrogens with one attached hydrogen (secondary N) is 1. The lowest BCUT2D eigenvalue weighted by atomic mass is 10.2. The number of hydrogen-bond donors (Lipinski definition) is 1. The molecule has 1 aromatic heterocycles. The summed E-state index contributed by atoms with van der Waals surface area (Å²) in [5, 5.41) is 3.25.